The van der Waals surface area contributed by atoms with Crippen molar-refractivity contribution >= 4 is 0 Å². The molecule has 1 aromatic heterocycles. The van der Waals surface area contributed by atoms with Gasteiger partial charge in [0.15, 0.2) is 0 Å². The van der Waals surface area contributed by atoms with Crippen molar-refractivity contribution in [2.45, 2.75) is 33.3 Å². The zero-order valence-electron chi connectivity index (χ0n) is 10.5. The fraction of sp³-hybridized carbons (Fsp3) is 0.357. The van der Waals surface area contributed by atoms with E-state index in [9.17, 15) is 0 Å². The number of aliphatic hydroxyl groups is 1. The lowest BCUT2D eigenvalue weighted by Gasteiger charge is -2.06. The quantitative estimate of drug-likeness (QED) is 0.851. The summed E-state index contributed by atoms with van der Waals surface area (Å²) in [6.45, 7) is 6.32. The Bertz CT molecular complexity index is 515. The molecular weight excluding hydrogens is 212 g/mol. The standard InChI is InChI=1S/C14H18N2O/c1-9(2)13-14(16-10(3)15-13)12-6-4-5-11(7-12)8-17/h4-7,9,17H,8H2,1-3H3,(H,15,16). The van der Waals surface area contributed by atoms with Crippen molar-refractivity contribution in [1.29, 1.82) is 0 Å². The Hall–Kier alpha value is -1.61. The monoisotopic (exact) mass is 230 g/mol. The second kappa shape index (κ2) is 4.72. The van der Waals surface area contributed by atoms with Crippen LogP contribution in [0.25, 0.3) is 11.3 Å². The summed E-state index contributed by atoms with van der Waals surface area (Å²) in [5, 5.41) is 9.16. The number of nitrogens with one attached hydrogen (secondary N) is 1. The summed E-state index contributed by atoms with van der Waals surface area (Å²) in [6, 6.07) is 7.88. The van der Waals surface area contributed by atoms with Gasteiger partial charge >= 0.3 is 0 Å². The van der Waals surface area contributed by atoms with E-state index in [1.165, 1.54) is 0 Å². The predicted octanol–water partition coefficient (Wildman–Crippen LogP) is 3.00. The lowest BCUT2D eigenvalue weighted by atomic mass is 10.0. The van der Waals surface area contributed by atoms with E-state index >= 15 is 0 Å². The summed E-state index contributed by atoms with van der Waals surface area (Å²) in [5.74, 6) is 1.34. The molecule has 3 heteroatoms. The smallest absolute Gasteiger partial charge is 0.103 e. The van der Waals surface area contributed by atoms with Crippen LogP contribution >= 0.6 is 0 Å². The van der Waals surface area contributed by atoms with Gasteiger partial charge < -0.3 is 10.1 Å². The van der Waals surface area contributed by atoms with Crippen molar-refractivity contribution in [2.24, 2.45) is 0 Å². The van der Waals surface area contributed by atoms with E-state index < -0.39 is 0 Å². The minimum Gasteiger partial charge on any atom is -0.392 e. The molecule has 1 heterocycles. The number of H-pyrrole nitrogens is 1. The second-order valence-corrected chi connectivity index (χ2v) is 4.60. The lowest BCUT2D eigenvalue weighted by molar-refractivity contribution is 0.282. The first-order valence-electron chi connectivity index (χ1n) is 5.88. The Morgan fingerprint density at radius 2 is 2.12 bits per heavy atom. The van der Waals surface area contributed by atoms with Gasteiger partial charge in [0.2, 0.25) is 0 Å². The van der Waals surface area contributed by atoms with E-state index in [1.54, 1.807) is 0 Å². The summed E-state index contributed by atoms with van der Waals surface area (Å²) in [7, 11) is 0. The zero-order valence-corrected chi connectivity index (χ0v) is 10.5. The largest absolute Gasteiger partial charge is 0.392 e. The van der Waals surface area contributed by atoms with Crippen LogP contribution in [-0.2, 0) is 6.61 Å². The number of aromatic nitrogens is 2. The summed E-state index contributed by atoms with van der Waals surface area (Å²) >= 11 is 0. The SMILES string of the molecule is Cc1nc(-c2cccc(CO)c2)c(C(C)C)[nH]1. The van der Waals surface area contributed by atoms with Gasteiger partial charge in [-0.25, -0.2) is 4.98 Å². The third-order valence-electron chi connectivity index (χ3n) is 2.81. The third-order valence-corrected chi connectivity index (χ3v) is 2.81. The third kappa shape index (κ3) is 2.39. The molecule has 1 aromatic carbocycles. The first kappa shape index (κ1) is 11.9. The molecule has 0 bridgehead atoms. The molecule has 2 rings (SSSR count). The van der Waals surface area contributed by atoms with Gasteiger partial charge in [-0.15, -0.1) is 0 Å². The second-order valence-electron chi connectivity index (χ2n) is 4.60. The van der Waals surface area contributed by atoms with Gasteiger partial charge in [0.25, 0.3) is 0 Å². The lowest BCUT2D eigenvalue weighted by Crippen LogP contribution is -1.92. The maximum atomic E-state index is 9.16. The Kier molecular flexibility index (Phi) is 3.29. The Labute approximate surface area is 102 Å². The van der Waals surface area contributed by atoms with E-state index in [-0.39, 0.29) is 6.61 Å². The van der Waals surface area contributed by atoms with Gasteiger partial charge in [-0.05, 0) is 24.5 Å². The van der Waals surface area contributed by atoms with Crippen LogP contribution in [0.5, 0.6) is 0 Å². The first-order valence-corrected chi connectivity index (χ1v) is 5.88. The molecule has 0 unspecified atom stereocenters. The highest BCUT2D eigenvalue weighted by Gasteiger charge is 2.13. The summed E-state index contributed by atoms with van der Waals surface area (Å²) in [4.78, 5) is 7.85. The number of aliphatic hydroxyl groups excluding tert-OH is 1. The molecule has 0 atom stereocenters. The van der Waals surface area contributed by atoms with Gasteiger partial charge in [0, 0.05) is 11.3 Å². The number of rotatable bonds is 3. The van der Waals surface area contributed by atoms with Gasteiger partial charge in [-0.3, -0.25) is 0 Å². The van der Waals surface area contributed by atoms with E-state index in [2.05, 4.69) is 23.8 Å². The van der Waals surface area contributed by atoms with Crippen molar-refractivity contribution < 1.29 is 5.11 Å². The van der Waals surface area contributed by atoms with Gasteiger partial charge in [0.1, 0.15) is 5.82 Å². The highest BCUT2D eigenvalue weighted by Crippen LogP contribution is 2.27. The molecule has 0 fully saturated rings. The molecule has 3 nitrogen and oxygen atoms in total. The van der Waals surface area contributed by atoms with Gasteiger partial charge in [-0.1, -0.05) is 32.0 Å². The van der Waals surface area contributed by atoms with E-state index in [4.69, 9.17) is 5.11 Å². The van der Waals surface area contributed by atoms with Crippen LogP contribution in [0, 0.1) is 6.92 Å². The Morgan fingerprint density at radius 1 is 1.35 bits per heavy atom. The van der Waals surface area contributed by atoms with Crippen molar-refractivity contribution in [3.05, 3.63) is 41.3 Å². The van der Waals surface area contributed by atoms with Crippen LogP contribution < -0.4 is 0 Å². The summed E-state index contributed by atoms with van der Waals surface area (Å²) in [6.07, 6.45) is 0. The zero-order chi connectivity index (χ0) is 12.4. The number of hydrogen-bond acceptors (Lipinski definition) is 2. The summed E-state index contributed by atoms with van der Waals surface area (Å²) < 4.78 is 0. The minimum atomic E-state index is 0.0637. The van der Waals surface area contributed by atoms with E-state index in [1.807, 2.05) is 31.2 Å². The van der Waals surface area contributed by atoms with Crippen LogP contribution in [-0.4, -0.2) is 15.1 Å². The fourth-order valence-electron chi connectivity index (χ4n) is 1.96. The van der Waals surface area contributed by atoms with Crippen LogP contribution in [0.3, 0.4) is 0 Å². The highest BCUT2D eigenvalue weighted by molar-refractivity contribution is 5.63. The van der Waals surface area contributed by atoms with Crippen LogP contribution in [0.15, 0.2) is 24.3 Å². The van der Waals surface area contributed by atoms with Crippen molar-refractivity contribution in [3.8, 4) is 11.3 Å². The molecule has 0 spiro atoms. The number of hydrogen-bond donors (Lipinski definition) is 2. The molecule has 0 saturated heterocycles. The Balaban J connectivity index is 2.51. The van der Waals surface area contributed by atoms with E-state index in [0.717, 1.165) is 28.3 Å². The number of imidazole rings is 1. The molecular formula is C14H18N2O. The highest BCUT2D eigenvalue weighted by atomic mass is 16.3. The molecule has 0 aliphatic heterocycles. The van der Waals surface area contributed by atoms with Crippen LogP contribution in [0.4, 0.5) is 0 Å². The normalized spacial score (nSPS) is 11.1. The van der Waals surface area contributed by atoms with Crippen molar-refractivity contribution in [3.63, 3.8) is 0 Å². The van der Waals surface area contributed by atoms with Crippen molar-refractivity contribution in [1.82, 2.24) is 9.97 Å². The molecule has 0 amide bonds. The number of aromatic amines is 1. The number of benzene rings is 1. The molecule has 17 heavy (non-hydrogen) atoms. The molecule has 90 valence electrons. The molecule has 0 aliphatic carbocycles. The molecule has 0 saturated carbocycles. The van der Waals surface area contributed by atoms with Crippen LogP contribution in [0.2, 0.25) is 0 Å². The van der Waals surface area contributed by atoms with Crippen LogP contribution in [0.1, 0.15) is 36.8 Å². The molecule has 2 N–H and O–H groups in total. The average Bonchev–Trinajstić information content (AvgIpc) is 2.72. The molecule has 0 aliphatic rings. The maximum Gasteiger partial charge on any atom is 0.103 e. The topological polar surface area (TPSA) is 48.9 Å². The number of aryl methyl sites for hydroxylation is 1. The maximum absolute atomic E-state index is 9.16. The molecule has 2 aromatic rings. The fourth-order valence-corrected chi connectivity index (χ4v) is 1.96. The Morgan fingerprint density at radius 3 is 2.76 bits per heavy atom. The first-order chi connectivity index (χ1) is 8.11. The minimum absolute atomic E-state index is 0.0637. The predicted molar refractivity (Wildman–Crippen MR) is 68.8 cm³/mol. The summed E-state index contributed by atoms with van der Waals surface area (Å²) in [5.41, 5.74) is 4.12. The van der Waals surface area contributed by atoms with E-state index in [0.29, 0.717) is 5.92 Å². The number of nitrogens with zero attached hydrogens (tertiary/aromatic N) is 1. The van der Waals surface area contributed by atoms with Gasteiger partial charge in [-0.2, -0.15) is 0 Å². The average molecular weight is 230 g/mol. The van der Waals surface area contributed by atoms with Gasteiger partial charge in [0.05, 0.1) is 12.3 Å². The van der Waals surface area contributed by atoms with Crippen molar-refractivity contribution in [2.75, 3.05) is 0 Å². The molecule has 0 radical (unpaired) electrons.